The van der Waals surface area contributed by atoms with Gasteiger partial charge in [-0.3, -0.25) is 14.5 Å². The maximum atomic E-state index is 13.0. The SMILES string of the molecule is CCN1C(=O)C[C@H]2[C@@H]3CCc4cc(OS(N)(=O)=O)ccc4[C@H]3CC[C@]2(C)C1=O. The number of piperidine rings is 1. The summed E-state index contributed by atoms with van der Waals surface area (Å²) in [5, 5.41) is 4.97. The van der Waals surface area contributed by atoms with E-state index in [0.29, 0.717) is 13.0 Å². The second kappa shape index (κ2) is 6.56. The molecule has 8 heteroatoms. The van der Waals surface area contributed by atoms with Gasteiger partial charge < -0.3 is 4.18 Å². The van der Waals surface area contributed by atoms with E-state index in [1.807, 2.05) is 19.9 Å². The minimum absolute atomic E-state index is 0.0163. The summed E-state index contributed by atoms with van der Waals surface area (Å²) < 4.78 is 27.2. The monoisotopic (exact) mass is 406 g/mol. The number of likely N-dealkylation sites (tertiary alicyclic amines) is 1. The second-order valence-corrected chi connectivity index (χ2v) is 9.61. The Kier molecular flexibility index (Phi) is 4.54. The quantitative estimate of drug-likeness (QED) is 0.774. The smallest absolute Gasteiger partial charge is 0.371 e. The number of rotatable bonds is 3. The Balaban J connectivity index is 1.65. The minimum Gasteiger partial charge on any atom is -0.371 e. The molecule has 1 aliphatic heterocycles. The Bertz CT molecular complexity index is 944. The van der Waals surface area contributed by atoms with Gasteiger partial charge in [-0.15, -0.1) is 0 Å². The molecule has 1 saturated heterocycles. The highest BCUT2D eigenvalue weighted by Gasteiger charge is 2.56. The molecule has 1 aromatic carbocycles. The molecule has 4 rings (SSSR count). The van der Waals surface area contributed by atoms with E-state index in [4.69, 9.17) is 9.32 Å². The van der Waals surface area contributed by atoms with Crippen LogP contribution < -0.4 is 9.32 Å². The molecule has 2 aliphatic carbocycles. The Labute approximate surface area is 165 Å². The van der Waals surface area contributed by atoms with Gasteiger partial charge in [0.05, 0.1) is 5.41 Å². The van der Waals surface area contributed by atoms with Gasteiger partial charge in [0.15, 0.2) is 0 Å². The van der Waals surface area contributed by atoms with Crippen molar-refractivity contribution in [3.8, 4) is 5.75 Å². The molecule has 0 aromatic heterocycles. The third kappa shape index (κ3) is 3.03. The van der Waals surface area contributed by atoms with Crippen LogP contribution in [0, 0.1) is 17.3 Å². The summed E-state index contributed by atoms with van der Waals surface area (Å²) >= 11 is 0. The summed E-state index contributed by atoms with van der Waals surface area (Å²) in [6, 6.07) is 5.30. The van der Waals surface area contributed by atoms with Crippen molar-refractivity contribution >= 4 is 22.1 Å². The van der Waals surface area contributed by atoms with Crippen LogP contribution in [0.5, 0.6) is 5.75 Å². The van der Waals surface area contributed by atoms with Crippen LogP contribution in [-0.2, 0) is 26.3 Å². The highest BCUT2D eigenvalue weighted by atomic mass is 32.2. The number of carbonyl (C=O) groups excluding carboxylic acids is 2. The number of nitrogens with zero attached hydrogens (tertiary/aromatic N) is 1. The van der Waals surface area contributed by atoms with Crippen LogP contribution in [0.4, 0.5) is 0 Å². The van der Waals surface area contributed by atoms with Crippen molar-refractivity contribution in [1.82, 2.24) is 4.90 Å². The van der Waals surface area contributed by atoms with Gasteiger partial charge in [-0.05, 0) is 73.6 Å². The Morgan fingerprint density at radius 1 is 1.29 bits per heavy atom. The van der Waals surface area contributed by atoms with Crippen LogP contribution >= 0.6 is 0 Å². The standard InChI is InChI=1S/C20H26N2O5S/c1-3-22-18(23)11-17-16-6-4-12-10-13(27-28(21,25)26)5-7-14(12)15(16)8-9-20(17,2)19(22)24/h5,7,10,15-17H,3-4,6,8-9,11H2,1-2H3,(H2,21,25,26)/t15-,16-,17+,20+/m1/s1. The lowest BCUT2D eigenvalue weighted by atomic mass is 9.52. The highest BCUT2D eigenvalue weighted by Crippen LogP contribution is 2.58. The fourth-order valence-corrected chi connectivity index (χ4v) is 6.12. The van der Waals surface area contributed by atoms with Crippen molar-refractivity contribution < 1.29 is 22.2 Å². The van der Waals surface area contributed by atoms with Crippen LogP contribution in [0.25, 0.3) is 0 Å². The molecule has 1 heterocycles. The van der Waals surface area contributed by atoms with Crippen molar-refractivity contribution in [3.05, 3.63) is 29.3 Å². The molecule has 2 fully saturated rings. The zero-order valence-electron chi connectivity index (χ0n) is 16.2. The van der Waals surface area contributed by atoms with Gasteiger partial charge >= 0.3 is 10.3 Å². The van der Waals surface area contributed by atoms with E-state index >= 15 is 0 Å². The highest BCUT2D eigenvalue weighted by molar-refractivity contribution is 7.84. The molecule has 152 valence electrons. The van der Waals surface area contributed by atoms with E-state index in [-0.39, 0.29) is 35.3 Å². The molecule has 28 heavy (non-hydrogen) atoms. The molecule has 3 aliphatic rings. The molecule has 2 amide bonds. The van der Waals surface area contributed by atoms with Crippen LogP contribution in [0.2, 0.25) is 0 Å². The van der Waals surface area contributed by atoms with E-state index in [1.54, 1.807) is 12.1 Å². The molecule has 0 spiro atoms. The van der Waals surface area contributed by atoms with Crippen molar-refractivity contribution in [2.24, 2.45) is 22.4 Å². The average molecular weight is 407 g/mol. The van der Waals surface area contributed by atoms with E-state index < -0.39 is 15.7 Å². The van der Waals surface area contributed by atoms with E-state index in [2.05, 4.69) is 0 Å². The predicted octanol–water partition coefficient (Wildman–Crippen LogP) is 2.11. The van der Waals surface area contributed by atoms with Crippen molar-refractivity contribution in [2.45, 2.75) is 51.9 Å². The first-order chi connectivity index (χ1) is 13.1. The first-order valence-corrected chi connectivity index (χ1v) is 11.3. The summed E-state index contributed by atoms with van der Waals surface area (Å²) in [5.41, 5.74) is 1.77. The largest absolute Gasteiger partial charge is 0.380 e. The number of amides is 2. The molecule has 0 unspecified atom stereocenters. The van der Waals surface area contributed by atoms with E-state index in [9.17, 15) is 18.0 Å². The second-order valence-electron chi connectivity index (χ2n) is 8.46. The average Bonchev–Trinajstić information content (AvgIpc) is 2.62. The molecular weight excluding hydrogens is 380 g/mol. The normalized spacial score (nSPS) is 32.4. The summed E-state index contributed by atoms with van der Waals surface area (Å²) in [5.74, 6) is 0.766. The van der Waals surface area contributed by atoms with Crippen molar-refractivity contribution in [2.75, 3.05) is 6.54 Å². The van der Waals surface area contributed by atoms with E-state index in [1.165, 1.54) is 10.5 Å². The minimum atomic E-state index is -4.05. The van der Waals surface area contributed by atoms with Gasteiger partial charge in [0.2, 0.25) is 11.8 Å². The van der Waals surface area contributed by atoms with Crippen LogP contribution in [0.15, 0.2) is 18.2 Å². The third-order valence-electron chi connectivity index (χ3n) is 7.05. The lowest BCUT2D eigenvalue weighted by Crippen LogP contribution is -2.59. The Morgan fingerprint density at radius 2 is 2.04 bits per heavy atom. The lowest BCUT2D eigenvalue weighted by molar-refractivity contribution is -0.167. The first-order valence-electron chi connectivity index (χ1n) is 9.84. The topological polar surface area (TPSA) is 107 Å². The number of imide groups is 1. The third-order valence-corrected chi connectivity index (χ3v) is 7.47. The molecule has 0 bridgehead atoms. The van der Waals surface area contributed by atoms with Gasteiger partial charge in [-0.2, -0.15) is 13.6 Å². The van der Waals surface area contributed by atoms with Gasteiger partial charge in [0, 0.05) is 13.0 Å². The van der Waals surface area contributed by atoms with Gasteiger partial charge in [0.1, 0.15) is 5.75 Å². The number of hydrogen-bond donors (Lipinski definition) is 1. The number of carbonyl (C=O) groups is 2. The molecule has 7 nitrogen and oxygen atoms in total. The van der Waals surface area contributed by atoms with Crippen molar-refractivity contribution in [1.29, 1.82) is 0 Å². The fourth-order valence-electron chi connectivity index (χ4n) is 5.75. The summed E-state index contributed by atoms with van der Waals surface area (Å²) in [7, 11) is -4.05. The van der Waals surface area contributed by atoms with Crippen LogP contribution in [0.1, 0.15) is 56.6 Å². The van der Waals surface area contributed by atoms with Gasteiger partial charge in [-0.25, -0.2) is 0 Å². The number of nitrogens with two attached hydrogens (primary N) is 1. The molecule has 1 aromatic rings. The summed E-state index contributed by atoms with van der Waals surface area (Å²) in [6.45, 7) is 4.32. The summed E-state index contributed by atoms with van der Waals surface area (Å²) in [6.07, 6.45) is 3.72. The van der Waals surface area contributed by atoms with Crippen molar-refractivity contribution in [3.63, 3.8) is 0 Å². The Hall–Kier alpha value is -1.93. The zero-order chi connectivity index (χ0) is 20.3. The maximum absolute atomic E-state index is 13.0. The maximum Gasteiger partial charge on any atom is 0.380 e. The molecule has 1 saturated carbocycles. The van der Waals surface area contributed by atoms with Crippen LogP contribution in [-0.4, -0.2) is 31.7 Å². The van der Waals surface area contributed by atoms with E-state index in [0.717, 1.165) is 31.2 Å². The fraction of sp³-hybridized carbons (Fsp3) is 0.600. The molecule has 2 N–H and O–H groups in total. The lowest BCUT2D eigenvalue weighted by Gasteiger charge is -2.54. The molecule has 4 atom stereocenters. The first kappa shape index (κ1) is 19.4. The number of benzene rings is 1. The number of aryl methyl sites for hydroxylation is 1. The number of hydrogen-bond acceptors (Lipinski definition) is 5. The van der Waals surface area contributed by atoms with Crippen LogP contribution in [0.3, 0.4) is 0 Å². The Morgan fingerprint density at radius 3 is 2.71 bits per heavy atom. The molecule has 0 radical (unpaired) electrons. The predicted molar refractivity (Wildman–Crippen MR) is 103 cm³/mol. The van der Waals surface area contributed by atoms with Gasteiger partial charge in [-0.1, -0.05) is 13.0 Å². The molecular formula is C20H26N2O5S. The number of fused-ring (bicyclic) bond motifs is 5. The van der Waals surface area contributed by atoms with Gasteiger partial charge in [0.25, 0.3) is 0 Å². The summed E-state index contributed by atoms with van der Waals surface area (Å²) in [4.78, 5) is 27.0. The zero-order valence-corrected chi connectivity index (χ0v) is 17.0.